The van der Waals surface area contributed by atoms with Crippen molar-refractivity contribution in [3.05, 3.63) is 29.8 Å². The van der Waals surface area contributed by atoms with Gasteiger partial charge in [-0.1, -0.05) is 0 Å². The van der Waals surface area contributed by atoms with E-state index >= 15 is 0 Å². The highest BCUT2D eigenvalue weighted by Crippen LogP contribution is 2.23. The van der Waals surface area contributed by atoms with E-state index in [1.54, 1.807) is 0 Å². The fraction of sp³-hybridized carbons (Fsp3) is 0.611. The molecule has 1 aromatic carbocycles. The lowest BCUT2D eigenvalue weighted by molar-refractivity contribution is -0.00429. The van der Waals surface area contributed by atoms with Gasteiger partial charge in [-0.05, 0) is 38.1 Å². The molecule has 134 valence electrons. The van der Waals surface area contributed by atoms with E-state index in [0.717, 1.165) is 18.8 Å². The van der Waals surface area contributed by atoms with Crippen molar-refractivity contribution >= 4 is 11.5 Å². The summed E-state index contributed by atoms with van der Waals surface area (Å²) in [5.74, 6) is 0.0896. The van der Waals surface area contributed by atoms with Crippen LogP contribution in [0.4, 0.5) is 5.69 Å². The number of aliphatic hydroxyl groups excluding tert-OH is 2. The Kier molecular flexibility index (Phi) is 6.74. The van der Waals surface area contributed by atoms with Crippen LogP contribution in [0.1, 0.15) is 24.2 Å². The van der Waals surface area contributed by atoms with E-state index in [0.29, 0.717) is 31.9 Å². The lowest BCUT2D eigenvalue weighted by Gasteiger charge is -2.39. The van der Waals surface area contributed by atoms with Crippen LogP contribution in [0.2, 0.25) is 0 Å². The maximum absolute atomic E-state index is 12.9. The van der Waals surface area contributed by atoms with Crippen LogP contribution in [0, 0.1) is 0 Å². The molecule has 6 nitrogen and oxygen atoms in total. The first kappa shape index (κ1) is 18.9. The van der Waals surface area contributed by atoms with Crippen molar-refractivity contribution in [2.45, 2.75) is 19.4 Å². The zero-order valence-electron chi connectivity index (χ0n) is 14.6. The second-order valence-electron chi connectivity index (χ2n) is 6.47. The number of hydrogen-bond donors (Lipinski definition) is 2. The zero-order chi connectivity index (χ0) is 17.6. The van der Waals surface area contributed by atoms with Crippen molar-refractivity contribution in [3.8, 4) is 0 Å². The van der Waals surface area contributed by atoms with Gasteiger partial charge in [-0.15, -0.1) is 0 Å². The summed E-state index contributed by atoms with van der Waals surface area (Å²) in [6.45, 7) is 7.70. The molecule has 0 spiro atoms. The van der Waals surface area contributed by atoms with Gasteiger partial charge in [0.25, 0.3) is 0 Å². The number of aliphatic hydroxyl groups is 2. The van der Waals surface area contributed by atoms with E-state index in [1.807, 2.05) is 43.0 Å². The zero-order valence-corrected chi connectivity index (χ0v) is 14.6. The van der Waals surface area contributed by atoms with Crippen LogP contribution in [0.15, 0.2) is 24.3 Å². The van der Waals surface area contributed by atoms with Crippen molar-refractivity contribution < 1.29 is 19.7 Å². The first-order valence-corrected chi connectivity index (χ1v) is 8.45. The van der Waals surface area contributed by atoms with Crippen LogP contribution in [-0.2, 0) is 4.74 Å². The van der Waals surface area contributed by atoms with Crippen molar-refractivity contribution in [3.63, 3.8) is 0 Å². The average molecular weight is 336 g/mol. The molecule has 1 aromatic rings. The predicted octanol–water partition coefficient (Wildman–Crippen LogP) is 0.771. The maximum Gasteiger partial charge on any atom is 0.182 e. The average Bonchev–Trinajstić information content (AvgIpc) is 2.62. The minimum Gasteiger partial charge on any atom is -0.395 e. The van der Waals surface area contributed by atoms with Gasteiger partial charge in [0.15, 0.2) is 5.78 Å². The summed E-state index contributed by atoms with van der Waals surface area (Å²) in [5.41, 5.74) is 0.989. The number of ether oxygens (including phenoxy) is 1. The topological polar surface area (TPSA) is 73.2 Å². The van der Waals surface area contributed by atoms with Crippen molar-refractivity contribution in [1.29, 1.82) is 0 Å². The molecule has 0 amide bonds. The molecule has 1 aliphatic rings. The molecular weight excluding hydrogens is 308 g/mol. The second kappa shape index (κ2) is 8.58. The molecule has 2 rings (SSSR count). The Hall–Kier alpha value is -1.47. The molecule has 0 unspecified atom stereocenters. The second-order valence-corrected chi connectivity index (χ2v) is 6.47. The highest BCUT2D eigenvalue weighted by Gasteiger charge is 2.35. The van der Waals surface area contributed by atoms with E-state index in [1.165, 1.54) is 0 Å². The molecule has 1 fully saturated rings. The summed E-state index contributed by atoms with van der Waals surface area (Å²) in [4.78, 5) is 17.0. The number of nitrogens with zero attached hydrogens (tertiary/aromatic N) is 2. The number of carbonyl (C=O) groups excluding carboxylic acids is 1. The van der Waals surface area contributed by atoms with Gasteiger partial charge in [0.05, 0.1) is 32.0 Å². The van der Waals surface area contributed by atoms with E-state index in [2.05, 4.69) is 4.90 Å². The summed E-state index contributed by atoms with van der Waals surface area (Å²) in [6.07, 6.45) is 0. The van der Waals surface area contributed by atoms with Crippen molar-refractivity contribution in [2.75, 3.05) is 57.5 Å². The number of anilines is 1. The molecule has 0 bridgehead atoms. The van der Waals surface area contributed by atoms with Gasteiger partial charge in [0, 0.05) is 37.4 Å². The van der Waals surface area contributed by atoms with Crippen LogP contribution in [0.25, 0.3) is 0 Å². The number of ketones is 1. The van der Waals surface area contributed by atoms with Gasteiger partial charge >= 0.3 is 0 Å². The Morgan fingerprint density at radius 3 is 2.17 bits per heavy atom. The molecule has 0 atom stereocenters. The third-order valence-electron chi connectivity index (χ3n) is 4.59. The lowest BCUT2D eigenvalue weighted by atomic mass is 9.90. The van der Waals surface area contributed by atoms with Gasteiger partial charge in [0.2, 0.25) is 0 Å². The Morgan fingerprint density at radius 2 is 1.67 bits per heavy atom. The SMILES string of the molecule is CC(C)(C(=O)c1ccc(N(CCO)CCO)cc1)N1CCOCC1. The number of carbonyl (C=O) groups is 1. The molecule has 1 saturated heterocycles. The first-order valence-electron chi connectivity index (χ1n) is 8.45. The number of benzene rings is 1. The Balaban J connectivity index is 2.12. The first-order chi connectivity index (χ1) is 11.5. The van der Waals surface area contributed by atoms with Gasteiger partial charge < -0.3 is 19.8 Å². The van der Waals surface area contributed by atoms with E-state index in [4.69, 9.17) is 14.9 Å². The number of hydrogen-bond acceptors (Lipinski definition) is 6. The van der Waals surface area contributed by atoms with E-state index < -0.39 is 5.54 Å². The fourth-order valence-electron chi connectivity index (χ4n) is 3.05. The van der Waals surface area contributed by atoms with Gasteiger partial charge in [-0.25, -0.2) is 0 Å². The molecule has 0 radical (unpaired) electrons. The minimum atomic E-state index is -0.568. The Morgan fingerprint density at radius 1 is 1.12 bits per heavy atom. The van der Waals surface area contributed by atoms with Crippen molar-refractivity contribution in [2.24, 2.45) is 0 Å². The quantitative estimate of drug-likeness (QED) is 0.683. The Bertz CT molecular complexity index is 518. The molecule has 24 heavy (non-hydrogen) atoms. The fourth-order valence-corrected chi connectivity index (χ4v) is 3.05. The van der Waals surface area contributed by atoms with Crippen LogP contribution in [-0.4, -0.2) is 79.0 Å². The Labute approximate surface area is 143 Å². The monoisotopic (exact) mass is 336 g/mol. The number of morpholine rings is 1. The summed E-state index contributed by atoms with van der Waals surface area (Å²) < 4.78 is 5.37. The summed E-state index contributed by atoms with van der Waals surface area (Å²) in [5, 5.41) is 18.3. The van der Waals surface area contributed by atoms with Crippen molar-refractivity contribution in [1.82, 2.24) is 4.90 Å². The van der Waals surface area contributed by atoms with Gasteiger partial charge in [-0.3, -0.25) is 9.69 Å². The molecule has 2 N–H and O–H groups in total. The van der Waals surface area contributed by atoms with Crippen LogP contribution >= 0.6 is 0 Å². The molecule has 0 aliphatic carbocycles. The summed E-state index contributed by atoms with van der Waals surface area (Å²) in [6, 6.07) is 7.38. The third kappa shape index (κ3) is 4.33. The third-order valence-corrected chi connectivity index (χ3v) is 4.59. The molecule has 1 heterocycles. The normalized spacial score (nSPS) is 16.2. The van der Waals surface area contributed by atoms with E-state index in [-0.39, 0.29) is 19.0 Å². The molecular formula is C18H28N2O4. The lowest BCUT2D eigenvalue weighted by Crippen LogP contribution is -2.54. The minimum absolute atomic E-state index is 0.0186. The highest BCUT2D eigenvalue weighted by atomic mass is 16.5. The summed E-state index contributed by atoms with van der Waals surface area (Å²) >= 11 is 0. The van der Waals surface area contributed by atoms with Gasteiger partial charge in [-0.2, -0.15) is 0 Å². The largest absolute Gasteiger partial charge is 0.395 e. The molecule has 0 saturated carbocycles. The number of Topliss-reactive ketones (excluding diaryl/α,β-unsaturated/α-hetero) is 1. The van der Waals surface area contributed by atoms with E-state index in [9.17, 15) is 4.79 Å². The standard InChI is InChI=1S/C18H28N2O4/c1-18(2,20-9-13-24-14-10-20)17(23)15-3-5-16(6-4-15)19(7-11-21)8-12-22/h3-6,21-22H,7-14H2,1-2H3. The maximum atomic E-state index is 12.9. The van der Waals surface area contributed by atoms with Crippen LogP contribution in [0.3, 0.4) is 0 Å². The van der Waals surface area contributed by atoms with Crippen LogP contribution < -0.4 is 4.90 Å². The predicted molar refractivity (Wildman–Crippen MR) is 93.6 cm³/mol. The summed E-state index contributed by atoms with van der Waals surface area (Å²) in [7, 11) is 0. The van der Waals surface area contributed by atoms with Gasteiger partial charge in [0.1, 0.15) is 0 Å². The molecule has 1 aliphatic heterocycles. The molecule has 0 aromatic heterocycles. The smallest absolute Gasteiger partial charge is 0.182 e. The molecule has 6 heteroatoms. The van der Waals surface area contributed by atoms with Crippen LogP contribution in [0.5, 0.6) is 0 Å². The number of rotatable bonds is 8. The highest BCUT2D eigenvalue weighted by molar-refractivity contribution is 6.02.